The van der Waals surface area contributed by atoms with Crippen LogP contribution in [-0.2, 0) is 5.41 Å². The molecule has 1 N–H and O–H groups in total. The maximum Gasteiger partial charge on any atom is 0.109 e. The van der Waals surface area contributed by atoms with Gasteiger partial charge in [0.05, 0.1) is 5.56 Å². The molecule has 2 rings (SSSR count). The summed E-state index contributed by atoms with van der Waals surface area (Å²) >= 11 is 7.84. The molecule has 0 aliphatic carbocycles. The van der Waals surface area contributed by atoms with Gasteiger partial charge in [-0.1, -0.05) is 44.2 Å². The first kappa shape index (κ1) is 12.0. The number of hydrogen-bond acceptors (Lipinski definition) is 2. The summed E-state index contributed by atoms with van der Waals surface area (Å²) in [6.07, 6.45) is 0. The second kappa shape index (κ2) is 4.41. The molecule has 0 unspecified atom stereocenters. The van der Waals surface area contributed by atoms with E-state index >= 15 is 0 Å². The number of thiophene rings is 1. The summed E-state index contributed by atoms with van der Waals surface area (Å²) in [6, 6.07) is 2.13. The molecule has 0 spiro atoms. The van der Waals surface area contributed by atoms with E-state index in [1.54, 1.807) is 11.3 Å². The second-order valence-corrected chi connectivity index (χ2v) is 6.83. The van der Waals surface area contributed by atoms with Gasteiger partial charge in [-0.25, -0.2) is 0 Å². The molecule has 0 bridgehead atoms. The first-order valence-corrected chi connectivity index (χ1v) is 6.68. The van der Waals surface area contributed by atoms with Crippen molar-refractivity contribution >= 4 is 22.9 Å². The predicted molar refractivity (Wildman–Crippen MR) is 71.3 cm³/mol. The molecule has 0 radical (unpaired) electrons. The Morgan fingerprint density at radius 1 is 1.44 bits per heavy atom. The van der Waals surface area contributed by atoms with Crippen LogP contribution in [0.3, 0.4) is 0 Å². The number of halogens is 1. The van der Waals surface area contributed by atoms with E-state index in [9.17, 15) is 0 Å². The lowest BCUT2D eigenvalue weighted by Crippen LogP contribution is -2.40. The Balaban J connectivity index is 2.20. The van der Waals surface area contributed by atoms with Crippen molar-refractivity contribution in [2.45, 2.75) is 26.2 Å². The van der Waals surface area contributed by atoms with Crippen molar-refractivity contribution in [1.29, 1.82) is 0 Å². The van der Waals surface area contributed by atoms with Crippen LogP contribution >= 0.6 is 22.9 Å². The summed E-state index contributed by atoms with van der Waals surface area (Å²) in [7, 11) is 0. The third-order valence-corrected chi connectivity index (χ3v) is 4.40. The first-order chi connectivity index (χ1) is 7.47. The molecule has 16 heavy (non-hydrogen) atoms. The summed E-state index contributed by atoms with van der Waals surface area (Å²) < 4.78 is 0.824. The molecule has 1 fully saturated rings. The quantitative estimate of drug-likeness (QED) is 0.700. The molecule has 0 saturated carbocycles. The van der Waals surface area contributed by atoms with E-state index in [1.807, 2.05) is 0 Å². The highest BCUT2D eigenvalue weighted by Crippen LogP contribution is 2.35. The van der Waals surface area contributed by atoms with Gasteiger partial charge in [-0.15, -0.1) is 11.3 Å². The topological polar surface area (TPSA) is 12.0 Å². The Kier molecular flexibility index (Phi) is 3.30. The normalized spacial score (nSPS) is 16.5. The Labute approximate surface area is 106 Å². The second-order valence-electron chi connectivity index (χ2n) is 5.17. The first-order valence-electron chi connectivity index (χ1n) is 5.49. The highest BCUT2D eigenvalue weighted by molar-refractivity contribution is 7.16. The predicted octanol–water partition coefficient (Wildman–Crippen LogP) is 3.27. The maximum atomic E-state index is 6.20. The molecule has 1 aromatic rings. The summed E-state index contributed by atoms with van der Waals surface area (Å²) in [6.45, 7) is 8.62. The molecule has 1 saturated heterocycles. The minimum absolute atomic E-state index is 0.159. The van der Waals surface area contributed by atoms with Gasteiger partial charge in [-0.2, -0.15) is 0 Å². The van der Waals surface area contributed by atoms with Gasteiger partial charge < -0.3 is 5.32 Å². The van der Waals surface area contributed by atoms with Crippen LogP contribution in [0.4, 0.5) is 0 Å². The fourth-order valence-electron chi connectivity index (χ4n) is 1.39. The van der Waals surface area contributed by atoms with Crippen LogP contribution in [-0.4, -0.2) is 13.1 Å². The Hall–Kier alpha value is -0.490. The van der Waals surface area contributed by atoms with Crippen molar-refractivity contribution in [2.24, 2.45) is 5.92 Å². The van der Waals surface area contributed by atoms with Gasteiger partial charge in [0.15, 0.2) is 0 Å². The lowest BCUT2D eigenvalue weighted by atomic mass is 9.94. The van der Waals surface area contributed by atoms with Crippen molar-refractivity contribution in [1.82, 2.24) is 5.32 Å². The van der Waals surface area contributed by atoms with Crippen molar-refractivity contribution < 1.29 is 0 Å². The molecular weight excluding hydrogens is 238 g/mol. The van der Waals surface area contributed by atoms with Gasteiger partial charge in [0.25, 0.3) is 0 Å². The fourth-order valence-corrected chi connectivity index (χ4v) is 2.64. The number of hydrogen-bond donors (Lipinski definition) is 1. The molecule has 0 aromatic carbocycles. The van der Waals surface area contributed by atoms with E-state index in [0.29, 0.717) is 5.92 Å². The van der Waals surface area contributed by atoms with E-state index in [4.69, 9.17) is 11.6 Å². The van der Waals surface area contributed by atoms with Crippen LogP contribution < -0.4 is 5.32 Å². The van der Waals surface area contributed by atoms with Gasteiger partial charge in [0.2, 0.25) is 0 Å². The van der Waals surface area contributed by atoms with E-state index in [2.05, 4.69) is 44.0 Å². The summed E-state index contributed by atoms with van der Waals surface area (Å²) in [5.41, 5.74) is 1.15. The maximum absolute atomic E-state index is 6.20. The summed E-state index contributed by atoms with van der Waals surface area (Å²) in [5, 5.41) is 3.21. The average Bonchev–Trinajstić information content (AvgIpc) is 2.44. The van der Waals surface area contributed by atoms with Crippen LogP contribution in [0.1, 0.15) is 31.2 Å². The van der Waals surface area contributed by atoms with E-state index in [0.717, 1.165) is 23.0 Å². The minimum atomic E-state index is 0.159. The van der Waals surface area contributed by atoms with Gasteiger partial charge in [-0.05, 0) is 11.5 Å². The summed E-state index contributed by atoms with van der Waals surface area (Å²) in [4.78, 5) is 1.30. The van der Waals surface area contributed by atoms with Gasteiger partial charge in [0, 0.05) is 23.9 Å². The fraction of sp³-hybridized carbons (Fsp3) is 0.538. The molecule has 1 aliphatic heterocycles. The van der Waals surface area contributed by atoms with Crippen LogP contribution in [0, 0.1) is 17.8 Å². The van der Waals surface area contributed by atoms with Gasteiger partial charge in [0.1, 0.15) is 4.34 Å². The van der Waals surface area contributed by atoms with Crippen LogP contribution in [0.15, 0.2) is 6.07 Å². The van der Waals surface area contributed by atoms with Crippen molar-refractivity contribution in [2.75, 3.05) is 13.1 Å². The monoisotopic (exact) mass is 253 g/mol. The average molecular weight is 254 g/mol. The third kappa shape index (κ3) is 2.60. The third-order valence-electron chi connectivity index (χ3n) is 2.62. The van der Waals surface area contributed by atoms with Crippen LogP contribution in [0.2, 0.25) is 4.34 Å². The van der Waals surface area contributed by atoms with Crippen molar-refractivity contribution in [3.63, 3.8) is 0 Å². The zero-order chi connectivity index (χ0) is 11.8. The lowest BCUT2D eigenvalue weighted by molar-refractivity contribution is 0.432. The van der Waals surface area contributed by atoms with E-state index < -0.39 is 0 Å². The molecule has 1 aliphatic rings. The molecule has 0 atom stereocenters. The van der Waals surface area contributed by atoms with Gasteiger partial charge in [-0.3, -0.25) is 0 Å². The molecule has 1 nitrogen and oxygen atoms in total. The Morgan fingerprint density at radius 2 is 2.12 bits per heavy atom. The van der Waals surface area contributed by atoms with Crippen molar-refractivity contribution in [3.8, 4) is 11.8 Å². The lowest BCUT2D eigenvalue weighted by Gasteiger charge is -2.21. The highest BCUT2D eigenvalue weighted by Gasteiger charge is 2.18. The molecule has 1 aromatic heterocycles. The number of rotatable bonds is 0. The molecule has 0 amide bonds. The zero-order valence-corrected chi connectivity index (χ0v) is 11.4. The largest absolute Gasteiger partial charge is 0.314 e. The molecule has 86 valence electrons. The molecule has 3 heteroatoms. The Morgan fingerprint density at radius 3 is 2.56 bits per heavy atom. The van der Waals surface area contributed by atoms with Gasteiger partial charge >= 0.3 is 0 Å². The van der Waals surface area contributed by atoms with Crippen LogP contribution in [0.5, 0.6) is 0 Å². The highest BCUT2D eigenvalue weighted by atomic mass is 35.5. The number of nitrogens with one attached hydrogen (secondary N) is 1. The van der Waals surface area contributed by atoms with Crippen LogP contribution in [0.25, 0.3) is 0 Å². The standard InChI is InChI=1S/C13H16ClNS/c1-13(2,3)11-6-10(12(14)16-11)5-4-9-7-15-8-9/h6,9,15H,7-8H2,1-3H3. The smallest absolute Gasteiger partial charge is 0.109 e. The zero-order valence-electron chi connectivity index (χ0n) is 9.86. The Bertz CT molecular complexity index is 441. The van der Waals surface area contributed by atoms with E-state index in [-0.39, 0.29) is 5.41 Å². The van der Waals surface area contributed by atoms with E-state index in [1.165, 1.54) is 4.88 Å². The SMILES string of the molecule is CC(C)(C)c1cc(C#CC2CNC2)c(Cl)s1. The minimum Gasteiger partial charge on any atom is -0.314 e. The molecular formula is C13H16ClNS. The summed E-state index contributed by atoms with van der Waals surface area (Å²) in [5.74, 6) is 6.95. The molecule has 2 heterocycles. The van der Waals surface area contributed by atoms with Crippen molar-refractivity contribution in [3.05, 3.63) is 20.8 Å².